The highest BCUT2D eigenvalue weighted by Crippen LogP contribution is 2.27. The fourth-order valence-corrected chi connectivity index (χ4v) is 1.88. The molecule has 0 radical (unpaired) electrons. The second kappa shape index (κ2) is 7.79. The Morgan fingerprint density at radius 2 is 2.00 bits per heavy atom. The largest absolute Gasteiger partial charge is 0.497 e. The molecule has 0 atom stereocenters. The van der Waals surface area contributed by atoms with Crippen molar-refractivity contribution < 1.29 is 14.4 Å². The van der Waals surface area contributed by atoms with Gasteiger partial charge < -0.3 is 9.47 Å². The van der Waals surface area contributed by atoms with Crippen LogP contribution in [0.5, 0.6) is 11.5 Å². The average Bonchev–Trinajstić information content (AvgIpc) is 2.57. The lowest BCUT2D eigenvalue weighted by molar-refractivity contribution is -0.385. The Morgan fingerprint density at radius 1 is 1.26 bits per heavy atom. The van der Waals surface area contributed by atoms with Gasteiger partial charge in [0, 0.05) is 11.6 Å². The number of nitrogens with one attached hydrogen (secondary N) is 1. The molecule has 1 N–H and O–H groups in total. The van der Waals surface area contributed by atoms with Crippen LogP contribution in [-0.2, 0) is 0 Å². The first kappa shape index (κ1) is 16.3. The number of hydrogen-bond acceptors (Lipinski definition) is 6. The van der Waals surface area contributed by atoms with Crippen LogP contribution in [-0.4, -0.2) is 24.9 Å². The number of anilines is 1. The summed E-state index contributed by atoms with van der Waals surface area (Å²) in [5, 5.41) is 15.1. The van der Waals surface area contributed by atoms with Crippen molar-refractivity contribution in [3.8, 4) is 11.5 Å². The highest BCUT2D eigenvalue weighted by molar-refractivity contribution is 5.82. The molecule has 0 bridgehead atoms. The highest BCUT2D eigenvalue weighted by atomic mass is 16.6. The normalized spacial score (nSPS) is 10.5. The maximum atomic E-state index is 11.1. The number of nitrogens with zero attached hydrogens (tertiary/aromatic N) is 2. The van der Waals surface area contributed by atoms with Gasteiger partial charge in [-0.1, -0.05) is 0 Å². The molecule has 0 saturated heterocycles. The molecule has 0 aliphatic carbocycles. The molecule has 0 spiro atoms. The van der Waals surface area contributed by atoms with Crippen molar-refractivity contribution in [1.82, 2.24) is 0 Å². The summed E-state index contributed by atoms with van der Waals surface area (Å²) in [4.78, 5) is 10.6. The van der Waals surface area contributed by atoms with Gasteiger partial charge in [-0.15, -0.1) is 0 Å². The van der Waals surface area contributed by atoms with Crippen molar-refractivity contribution in [2.45, 2.75) is 6.92 Å². The first-order valence-electron chi connectivity index (χ1n) is 6.98. The second-order valence-corrected chi connectivity index (χ2v) is 4.52. The Kier molecular flexibility index (Phi) is 5.51. The van der Waals surface area contributed by atoms with E-state index in [2.05, 4.69) is 10.5 Å². The van der Waals surface area contributed by atoms with E-state index in [1.165, 1.54) is 12.3 Å². The van der Waals surface area contributed by atoms with Crippen LogP contribution < -0.4 is 14.9 Å². The van der Waals surface area contributed by atoms with Gasteiger partial charge in [0.2, 0.25) is 0 Å². The minimum absolute atomic E-state index is 0.0831. The minimum atomic E-state index is -0.473. The number of methoxy groups -OCH3 is 1. The standard InChI is InChI=1S/C16H17N3O4/c1-3-23-16-9-4-12(10-15(16)19(20)21)11-17-18-13-5-7-14(22-2)8-6-13/h4-11,18H,3H2,1-2H3/b17-11+. The summed E-state index contributed by atoms with van der Waals surface area (Å²) in [6.07, 6.45) is 1.51. The number of hydrazone groups is 1. The van der Waals surface area contributed by atoms with Crippen molar-refractivity contribution in [2.24, 2.45) is 5.10 Å². The summed E-state index contributed by atoms with van der Waals surface area (Å²) in [6.45, 7) is 2.14. The molecule has 0 amide bonds. The van der Waals surface area contributed by atoms with Crippen LogP contribution in [0.4, 0.5) is 11.4 Å². The van der Waals surface area contributed by atoms with Gasteiger partial charge in [-0.3, -0.25) is 15.5 Å². The number of rotatable bonds is 7. The zero-order valence-corrected chi connectivity index (χ0v) is 12.9. The molecule has 0 aliphatic heterocycles. The van der Waals surface area contributed by atoms with E-state index in [-0.39, 0.29) is 11.4 Å². The Hall–Kier alpha value is -3.09. The number of benzene rings is 2. The molecule has 120 valence electrons. The van der Waals surface area contributed by atoms with Crippen LogP contribution >= 0.6 is 0 Å². The Balaban J connectivity index is 2.09. The molecule has 0 saturated carbocycles. The summed E-state index contributed by atoms with van der Waals surface area (Å²) in [5.41, 5.74) is 4.14. The van der Waals surface area contributed by atoms with Crippen molar-refractivity contribution in [3.63, 3.8) is 0 Å². The molecule has 2 aromatic carbocycles. The lowest BCUT2D eigenvalue weighted by atomic mass is 10.2. The van der Waals surface area contributed by atoms with Gasteiger partial charge in [0.05, 0.1) is 30.5 Å². The van der Waals surface area contributed by atoms with Gasteiger partial charge in [-0.2, -0.15) is 5.10 Å². The van der Waals surface area contributed by atoms with Crippen LogP contribution in [0, 0.1) is 10.1 Å². The van der Waals surface area contributed by atoms with E-state index in [0.717, 1.165) is 11.4 Å². The monoisotopic (exact) mass is 315 g/mol. The summed E-state index contributed by atoms with van der Waals surface area (Å²) in [6, 6.07) is 11.9. The average molecular weight is 315 g/mol. The van der Waals surface area contributed by atoms with E-state index in [0.29, 0.717) is 12.2 Å². The molecule has 7 nitrogen and oxygen atoms in total. The molecule has 23 heavy (non-hydrogen) atoms. The van der Waals surface area contributed by atoms with Crippen molar-refractivity contribution in [3.05, 3.63) is 58.1 Å². The van der Waals surface area contributed by atoms with E-state index >= 15 is 0 Å². The number of ether oxygens (including phenoxy) is 2. The smallest absolute Gasteiger partial charge is 0.311 e. The SMILES string of the molecule is CCOc1ccc(/C=N/Nc2ccc(OC)cc2)cc1[N+](=O)[O-]. The van der Waals surface area contributed by atoms with Crippen LogP contribution in [0.2, 0.25) is 0 Å². The second-order valence-electron chi connectivity index (χ2n) is 4.52. The van der Waals surface area contributed by atoms with Gasteiger partial charge >= 0.3 is 5.69 Å². The summed E-state index contributed by atoms with van der Waals surface area (Å²) in [7, 11) is 1.60. The maximum absolute atomic E-state index is 11.1. The van der Waals surface area contributed by atoms with Gasteiger partial charge in [-0.05, 0) is 43.3 Å². The van der Waals surface area contributed by atoms with E-state index in [1.54, 1.807) is 38.3 Å². The van der Waals surface area contributed by atoms with Gasteiger partial charge in [-0.25, -0.2) is 0 Å². The van der Waals surface area contributed by atoms with Crippen LogP contribution in [0.25, 0.3) is 0 Å². The third kappa shape index (κ3) is 4.44. The number of nitro groups is 1. The van der Waals surface area contributed by atoms with Gasteiger partial charge in [0.1, 0.15) is 5.75 Å². The zero-order chi connectivity index (χ0) is 16.7. The van der Waals surface area contributed by atoms with Gasteiger partial charge in [0.15, 0.2) is 5.75 Å². The van der Waals surface area contributed by atoms with Crippen molar-refractivity contribution in [1.29, 1.82) is 0 Å². The van der Waals surface area contributed by atoms with E-state index in [9.17, 15) is 10.1 Å². The summed E-state index contributed by atoms with van der Waals surface area (Å²) < 4.78 is 10.3. The minimum Gasteiger partial charge on any atom is -0.497 e. The lowest BCUT2D eigenvalue weighted by Crippen LogP contribution is -1.99. The summed E-state index contributed by atoms with van der Waals surface area (Å²) in [5.74, 6) is 0.999. The van der Waals surface area contributed by atoms with E-state index < -0.39 is 4.92 Å². The molecular weight excluding hydrogens is 298 g/mol. The third-order valence-electron chi connectivity index (χ3n) is 2.98. The van der Waals surface area contributed by atoms with Crippen molar-refractivity contribution in [2.75, 3.05) is 19.1 Å². The summed E-state index contributed by atoms with van der Waals surface area (Å²) >= 11 is 0. The molecule has 7 heteroatoms. The van der Waals surface area contributed by atoms with Crippen LogP contribution in [0.3, 0.4) is 0 Å². The predicted octanol–water partition coefficient (Wildman–Crippen LogP) is 3.45. The first-order valence-corrected chi connectivity index (χ1v) is 6.98. The molecular formula is C16H17N3O4. The van der Waals surface area contributed by atoms with Gasteiger partial charge in [0.25, 0.3) is 0 Å². The first-order chi connectivity index (χ1) is 11.1. The topological polar surface area (TPSA) is 86.0 Å². The fourth-order valence-electron chi connectivity index (χ4n) is 1.88. The van der Waals surface area contributed by atoms with Crippen LogP contribution in [0.15, 0.2) is 47.6 Å². The Labute approximate surface area is 133 Å². The van der Waals surface area contributed by atoms with Crippen LogP contribution in [0.1, 0.15) is 12.5 Å². The molecule has 0 heterocycles. The van der Waals surface area contributed by atoms with E-state index in [4.69, 9.17) is 9.47 Å². The molecule has 2 aromatic rings. The third-order valence-corrected chi connectivity index (χ3v) is 2.98. The highest BCUT2D eigenvalue weighted by Gasteiger charge is 2.14. The molecule has 2 rings (SSSR count). The van der Waals surface area contributed by atoms with Crippen molar-refractivity contribution >= 4 is 17.6 Å². The number of nitro benzene ring substituents is 1. The predicted molar refractivity (Wildman–Crippen MR) is 88.5 cm³/mol. The fraction of sp³-hybridized carbons (Fsp3) is 0.188. The van der Waals surface area contributed by atoms with E-state index in [1.807, 2.05) is 12.1 Å². The lowest BCUT2D eigenvalue weighted by Gasteiger charge is -2.05. The molecule has 0 aliphatic rings. The Morgan fingerprint density at radius 3 is 2.61 bits per heavy atom. The zero-order valence-electron chi connectivity index (χ0n) is 12.9. The quantitative estimate of drug-likeness (QED) is 0.480. The molecule has 0 unspecified atom stereocenters. The molecule has 0 fully saturated rings. The Bertz CT molecular complexity index is 699. The maximum Gasteiger partial charge on any atom is 0.311 e. The number of hydrogen-bond donors (Lipinski definition) is 1. The molecule has 0 aromatic heterocycles.